The van der Waals surface area contributed by atoms with E-state index in [0.717, 1.165) is 21.7 Å². The zero-order chi connectivity index (χ0) is 15.9. The zero-order valence-electron chi connectivity index (χ0n) is 12.6. The number of carbonyl (C=O) groups is 2. The highest BCUT2D eigenvalue weighted by Crippen LogP contribution is 2.16. The summed E-state index contributed by atoms with van der Waals surface area (Å²) in [6, 6.07) is 9.42. The Bertz CT molecular complexity index is 704. The topological polar surface area (TPSA) is 58.2 Å². The lowest BCUT2D eigenvalue weighted by Crippen LogP contribution is -2.20. The molecule has 0 saturated carbocycles. The number of thiophene rings is 1. The van der Waals surface area contributed by atoms with Crippen molar-refractivity contribution >= 4 is 34.9 Å². The van der Waals surface area contributed by atoms with Gasteiger partial charge < -0.3 is 10.6 Å². The van der Waals surface area contributed by atoms with Crippen molar-refractivity contribution in [1.82, 2.24) is 5.32 Å². The first-order chi connectivity index (χ1) is 10.5. The number of nitrogens with one attached hydrogen (secondary N) is 2. The van der Waals surface area contributed by atoms with Gasteiger partial charge in [0.1, 0.15) is 0 Å². The lowest BCUT2D eigenvalue weighted by molar-refractivity contribution is -0.116. The summed E-state index contributed by atoms with van der Waals surface area (Å²) in [4.78, 5) is 23.9. The first-order valence-corrected chi connectivity index (χ1v) is 7.79. The molecule has 1 aromatic heterocycles. The van der Waals surface area contributed by atoms with Gasteiger partial charge in [0, 0.05) is 30.1 Å². The molecular formula is C17H18N2O2S. The van der Waals surface area contributed by atoms with Crippen LogP contribution in [0.1, 0.15) is 22.9 Å². The van der Waals surface area contributed by atoms with Crippen molar-refractivity contribution in [2.24, 2.45) is 0 Å². The molecule has 0 spiro atoms. The minimum atomic E-state index is -0.141. The molecule has 2 aromatic rings. The molecule has 2 N–H and O–H groups in total. The molecule has 0 unspecified atom stereocenters. The Morgan fingerprint density at radius 1 is 1.27 bits per heavy atom. The maximum Gasteiger partial charge on any atom is 0.244 e. The van der Waals surface area contributed by atoms with Crippen molar-refractivity contribution in [2.75, 3.05) is 5.32 Å². The second-order valence-corrected chi connectivity index (χ2v) is 5.85. The number of carbonyl (C=O) groups excluding carboxylic acids is 2. The predicted molar refractivity (Wildman–Crippen MR) is 90.7 cm³/mol. The summed E-state index contributed by atoms with van der Waals surface area (Å²) in [7, 11) is 0. The van der Waals surface area contributed by atoms with Gasteiger partial charge in [-0.05, 0) is 47.7 Å². The van der Waals surface area contributed by atoms with Gasteiger partial charge in [-0.25, -0.2) is 0 Å². The van der Waals surface area contributed by atoms with Crippen molar-refractivity contribution < 1.29 is 9.59 Å². The molecule has 5 heteroatoms. The quantitative estimate of drug-likeness (QED) is 0.832. The second-order valence-electron chi connectivity index (χ2n) is 4.90. The predicted octanol–water partition coefficient (Wildman–Crippen LogP) is 3.34. The molecule has 22 heavy (non-hydrogen) atoms. The molecule has 2 amide bonds. The van der Waals surface area contributed by atoms with Crippen LogP contribution in [-0.4, -0.2) is 11.8 Å². The molecule has 1 aromatic carbocycles. The third kappa shape index (κ3) is 4.86. The van der Waals surface area contributed by atoms with Gasteiger partial charge in [0.05, 0.1) is 0 Å². The number of amides is 2. The SMILES string of the molecule is CC(=O)Nc1cccc(CNC(=O)C=Cc2sccc2C)c1. The van der Waals surface area contributed by atoms with E-state index in [9.17, 15) is 9.59 Å². The molecule has 1 heterocycles. The van der Waals surface area contributed by atoms with Crippen LogP contribution >= 0.6 is 11.3 Å². The van der Waals surface area contributed by atoms with Crippen LogP contribution in [0.25, 0.3) is 6.08 Å². The maximum atomic E-state index is 11.8. The molecule has 0 saturated heterocycles. The van der Waals surface area contributed by atoms with E-state index < -0.39 is 0 Å². The summed E-state index contributed by atoms with van der Waals surface area (Å²) < 4.78 is 0. The molecule has 2 rings (SSSR count). The van der Waals surface area contributed by atoms with Gasteiger partial charge in [-0.15, -0.1) is 11.3 Å². The Kier molecular flexibility index (Phi) is 5.49. The largest absolute Gasteiger partial charge is 0.348 e. The Labute approximate surface area is 133 Å². The number of rotatable bonds is 5. The van der Waals surface area contributed by atoms with Crippen molar-refractivity contribution in [1.29, 1.82) is 0 Å². The lowest BCUT2D eigenvalue weighted by Gasteiger charge is -2.06. The Morgan fingerprint density at radius 2 is 2.09 bits per heavy atom. The summed E-state index contributed by atoms with van der Waals surface area (Å²) in [5, 5.41) is 7.55. The van der Waals surface area contributed by atoms with E-state index in [-0.39, 0.29) is 11.8 Å². The van der Waals surface area contributed by atoms with E-state index in [1.165, 1.54) is 13.0 Å². The first-order valence-electron chi connectivity index (χ1n) is 6.91. The van der Waals surface area contributed by atoms with Crippen molar-refractivity contribution in [3.05, 3.63) is 57.8 Å². The highest BCUT2D eigenvalue weighted by atomic mass is 32.1. The average molecular weight is 314 g/mol. The van der Waals surface area contributed by atoms with Gasteiger partial charge in [0.15, 0.2) is 0 Å². The summed E-state index contributed by atoms with van der Waals surface area (Å²) in [5.41, 5.74) is 2.82. The third-order valence-electron chi connectivity index (χ3n) is 3.00. The first kappa shape index (κ1) is 16.0. The monoisotopic (exact) mass is 314 g/mol. The fraction of sp³-hybridized carbons (Fsp3) is 0.176. The number of aryl methyl sites for hydroxylation is 1. The highest BCUT2D eigenvalue weighted by Gasteiger charge is 2.01. The minimum absolute atomic E-state index is 0.115. The second kappa shape index (κ2) is 7.56. The van der Waals surface area contributed by atoms with Crippen molar-refractivity contribution in [2.45, 2.75) is 20.4 Å². The van der Waals surface area contributed by atoms with Crippen molar-refractivity contribution in [3.63, 3.8) is 0 Å². The standard InChI is InChI=1S/C17H18N2O2S/c1-12-8-9-22-16(12)6-7-17(21)18-11-14-4-3-5-15(10-14)19-13(2)20/h3-10H,11H2,1-2H3,(H,18,21)(H,19,20). The van der Waals surface area contributed by atoms with Crippen LogP contribution in [0.3, 0.4) is 0 Å². The van der Waals surface area contributed by atoms with E-state index in [1.807, 2.05) is 48.7 Å². The van der Waals surface area contributed by atoms with E-state index in [2.05, 4.69) is 10.6 Å². The van der Waals surface area contributed by atoms with Gasteiger partial charge in [-0.3, -0.25) is 9.59 Å². The molecular weight excluding hydrogens is 296 g/mol. The lowest BCUT2D eigenvalue weighted by atomic mass is 10.2. The summed E-state index contributed by atoms with van der Waals surface area (Å²) >= 11 is 1.61. The fourth-order valence-corrected chi connectivity index (χ4v) is 2.74. The van der Waals surface area contributed by atoms with Crippen LogP contribution < -0.4 is 10.6 Å². The Morgan fingerprint density at radius 3 is 2.77 bits per heavy atom. The van der Waals surface area contributed by atoms with Gasteiger partial charge in [-0.2, -0.15) is 0 Å². The molecule has 0 radical (unpaired) electrons. The van der Waals surface area contributed by atoms with Crippen LogP contribution in [0.5, 0.6) is 0 Å². The van der Waals surface area contributed by atoms with E-state index in [4.69, 9.17) is 0 Å². The summed E-state index contributed by atoms with van der Waals surface area (Å²) in [6.07, 6.45) is 3.36. The van der Waals surface area contributed by atoms with E-state index in [1.54, 1.807) is 11.3 Å². The van der Waals surface area contributed by atoms with Gasteiger partial charge in [-0.1, -0.05) is 12.1 Å². The van der Waals surface area contributed by atoms with Crippen molar-refractivity contribution in [3.8, 4) is 0 Å². The van der Waals surface area contributed by atoms with Gasteiger partial charge in [0.25, 0.3) is 0 Å². The fourth-order valence-electron chi connectivity index (χ4n) is 1.92. The normalized spacial score (nSPS) is 10.6. The van der Waals surface area contributed by atoms with Gasteiger partial charge >= 0.3 is 0 Å². The molecule has 0 aliphatic heterocycles. The molecule has 0 aliphatic rings. The van der Waals surface area contributed by atoms with E-state index in [0.29, 0.717) is 6.54 Å². The molecule has 114 valence electrons. The number of anilines is 1. The maximum absolute atomic E-state index is 11.8. The molecule has 0 aliphatic carbocycles. The van der Waals surface area contributed by atoms with Crippen LogP contribution in [0.2, 0.25) is 0 Å². The van der Waals surface area contributed by atoms with E-state index >= 15 is 0 Å². The third-order valence-corrected chi connectivity index (χ3v) is 3.99. The van der Waals surface area contributed by atoms with Crippen LogP contribution in [0.4, 0.5) is 5.69 Å². The number of hydrogen-bond acceptors (Lipinski definition) is 3. The number of benzene rings is 1. The van der Waals surface area contributed by atoms with Crippen LogP contribution in [-0.2, 0) is 16.1 Å². The minimum Gasteiger partial charge on any atom is -0.348 e. The molecule has 4 nitrogen and oxygen atoms in total. The summed E-state index contributed by atoms with van der Waals surface area (Å²) in [6.45, 7) is 3.90. The molecule has 0 bridgehead atoms. The molecule has 0 atom stereocenters. The average Bonchev–Trinajstić information content (AvgIpc) is 2.88. The number of hydrogen-bond donors (Lipinski definition) is 2. The molecule has 0 fully saturated rings. The zero-order valence-corrected chi connectivity index (χ0v) is 13.4. The van der Waals surface area contributed by atoms with Crippen LogP contribution in [0, 0.1) is 6.92 Å². The summed E-state index contributed by atoms with van der Waals surface area (Å²) in [5.74, 6) is -0.256. The highest BCUT2D eigenvalue weighted by molar-refractivity contribution is 7.11. The van der Waals surface area contributed by atoms with Gasteiger partial charge in [0.2, 0.25) is 11.8 Å². The van der Waals surface area contributed by atoms with Crippen LogP contribution in [0.15, 0.2) is 41.8 Å². The Hall–Kier alpha value is -2.40. The smallest absolute Gasteiger partial charge is 0.244 e. The Balaban J connectivity index is 1.90.